The molecule has 0 amide bonds. The van der Waals surface area contributed by atoms with Crippen LogP contribution in [0.2, 0.25) is 10.0 Å². The van der Waals surface area contributed by atoms with E-state index in [1.807, 2.05) is 19.1 Å². The molecule has 1 unspecified atom stereocenters. The van der Waals surface area contributed by atoms with E-state index in [-0.39, 0.29) is 17.9 Å². The fourth-order valence-electron chi connectivity index (χ4n) is 2.39. The fourth-order valence-corrected chi connectivity index (χ4v) is 2.71. The number of alkyl halides is 1. The van der Waals surface area contributed by atoms with Crippen LogP contribution in [0.4, 0.5) is 4.39 Å². The van der Waals surface area contributed by atoms with E-state index >= 15 is 0 Å². The minimum absolute atomic E-state index is 0.0292. The summed E-state index contributed by atoms with van der Waals surface area (Å²) in [5, 5.41) is 9.59. The summed E-state index contributed by atoms with van der Waals surface area (Å²) >= 11 is 11.8. The molecule has 0 N–H and O–H groups in total. The van der Waals surface area contributed by atoms with Crippen LogP contribution in [0.25, 0.3) is 0 Å². The monoisotopic (exact) mass is 315 g/mol. The zero-order chi connectivity index (χ0) is 14.7. The Bertz CT molecular complexity index is 517. The predicted molar refractivity (Wildman–Crippen MR) is 77.4 cm³/mol. The van der Waals surface area contributed by atoms with Gasteiger partial charge < -0.3 is 4.74 Å². The van der Waals surface area contributed by atoms with Crippen molar-refractivity contribution < 1.29 is 9.13 Å². The summed E-state index contributed by atoms with van der Waals surface area (Å²) in [6.45, 7) is 2.34. The highest BCUT2D eigenvalue weighted by Crippen LogP contribution is 2.47. The minimum Gasteiger partial charge on any atom is -0.374 e. The summed E-state index contributed by atoms with van der Waals surface area (Å²) in [5.41, 5.74) is 0.937. The predicted octanol–water partition coefficient (Wildman–Crippen LogP) is 4.79. The van der Waals surface area contributed by atoms with Crippen molar-refractivity contribution in [2.24, 2.45) is 11.8 Å². The van der Waals surface area contributed by atoms with Gasteiger partial charge in [0.05, 0.1) is 28.8 Å². The average molecular weight is 316 g/mol. The van der Waals surface area contributed by atoms with Gasteiger partial charge in [0.1, 0.15) is 6.17 Å². The van der Waals surface area contributed by atoms with E-state index in [4.69, 9.17) is 33.2 Å². The summed E-state index contributed by atoms with van der Waals surface area (Å²) < 4.78 is 19.1. The van der Waals surface area contributed by atoms with E-state index in [0.29, 0.717) is 29.5 Å². The van der Waals surface area contributed by atoms with Crippen LogP contribution in [-0.2, 0) is 11.3 Å². The molecule has 1 aliphatic carbocycles. The minimum atomic E-state index is -0.842. The van der Waals surface area contributed by atoms with Gasteiger partial charge in [-0.2, -0.15) is 5.26 Å². The Morgan fingerprint density at radius 3 is 2.75 bits per heavy atom. The Kier molecular flexibility index (Phi) is 5.26. The molecular formula is C15H16Cl2FNO. The molecule has 0 aliphatic heterocycles. The summed E-state index contributed by atoms with van der Waals surface area (Å²) in [6.07, 6.45) is 0.0577. The van der Waals surface area contributed by atoms with Gasteiger partial charge in [-0.3, -0.25) is 0 Å². The quantitative estimate of drug-likeness (QED) is 0.756. The molecule has 0 saturated heterocycles. The average Bonchev–Trinajstić information content (AvgIpc) is 3.01. The van der Waals surface area contributed by atoms with Crippen molar-refractivity contribution in [2.45, 2.75) is 38.6 Å². The Balaban J connectivity index is 1.77. The van der Waals surface area contributed by atoms with E-state index in [1.54, 1.807) is 12.1 Å². The second kappa shape index (κ2) is 6.76. The topological polar surface area (TPSA) is 33.0 Å². The molecule has 0 spiro atoms. The molecule has 1 aliphatic rings. The lowest BCUT2D eigenvalue weighted by Crippen LogP contribution is -2.10. The fraction of sp³-hybridized carbons (Fsp3) is 0.533. The van der Waals surface area contributed by atoms with Gasteiger partial charge in [0, 0.05) is 12.3 Å². The van der Waals surface area contributed by atoms with Crippen molar-refractivity contribution in [3.63, 3.8) is 0 Å². The maximum absolute atomic E-state index is 13.4. The van der Waals surface area contributed by atoms with E-state index in [9.17, 15) is 4.39 Å². The number of halogens is 3. The van der Waals surface area contributed by atoms with Gasteiger partial charge in [0.15, 0.2) is 0 Å². The van der Waals surface area contributed by atoms with Crippen molar-refractivity contribution in [1.29, 1.82) is 5.26 Å². The lowest BCUT2D eigenvalue weighted by Gasteiger charge is -2.13. The van der Waals surface area contributed by atoms with Gasteiger partial charge in [0.2, 0.25) is 0 Å². The van der Waals surface area contributed by atoms with E-state index in [0.717, 1.165) is 5.56 Å². The summed E-state index contributed by atoms with van der Waals surface area (Å²) in [5.74, 6) is -0.130. The summed E-state index contributed by atoms with van der Waals surface area (Å²) in [4.78, 5) is 0. The van der Waals surface area contributed by atoms with Gasteiger partial charge in [0.25, 0.3) is 0 Å². The molecule has 20 heavy (non-hydrogen) atoms. The lowest BCUT2D eigenvalue weighted by molar-refractivity contribution is 0.0418. The molecule has 1 aromatic carbocycles. The van der Waals surface area contributed by atoms with Crippen molar-refractivity contribution in [1.82, 2.24) is 0 Å². The first-order valence-corrected chi connectivity index (χ1v) is 7.35. The first-order valence-electron chi connectivity index (χ1n) is 6.59. The Morgan fingerprint density at radius 1 is 1.35 bits per heavy atom. The Labute approximate surface area is 128 Å². The highest BCUT2D eigenvalue weighted by atomic mass is 35.5. The van der Waals surface area contributed by atoms with Crippen molar-refractivity contribution in [3.8, 4) is 6.07 Å². The first-order chi connectivity index (χ1) is 9.52. The van der Waals surface area contributed by atoms with Gasteiger partial charge in [-0.25, -0.2) is 4.39 Å². The molecule has 0 aromatic heterocycles. The molecule has 2 rings (SSSR count). The molecule has 4 atom stereocenters. The van der Waals surface area contributed by atoms with E-state index < -0.39 is 6.17 Å². The van der Waals surface area contributed by atoms with Crippen LogP contribution in [0.1, 0.15) is 25.3 Å². The number of ether oxygens (including phenoxy) is 1. The maximum Gasteiger partial charge on any atom is 0.108 e. The molecule has 1 aromatic rings. The highest BCUT2D eigenvalue weighted by Gasteiger charge is 2.50. The largest absolute Gasteiger partial charge is 0.374 e. The normalized spacial score (nSPS) is 26.1. The molecule has 108 valence electrons. The SMILES string of the molecule is C[C@@H](CC1[C@@H](F)[C@H]1CC#N)OCc1ccc(Cl)c(Cl)c1. The summed E-state index contributed by atoms with van der Waals surface area (Å²) in [7, 11) is 0. The third kappa shape index (κ3) is 3.85. The zero-order valence-electron chi connectivity index (χ0n) is 11.2. The molecule has 1 fully saturated rings. The van der Waals surface area contributed by atoms with Crippen LogP contribution < -0.4 is 0 Å². The first kappa shape index (κ1) is 15.6. The van der Waals surface area contributed by atoms with Crippen LogP contribution in [0.5, 0.6) is 0 Å². The number of benzene rings is 1. The zero-order valence-corrected chi connectivity index (χ0v) is 12.7. The van der Waals surface area contributed by atoms with Crippen molar-refractivity contribution in [2.75, 3.05) is 0 Å². The van der Waals surface area contributed by atoms with Gasteiger partial charge in [-0.05, 0) is 37.0 Å². The number of nitriles is 1. The summed E-state index contributed by atoms with van der Waals surface area (Å²) in [6, 6.07) is 7.38. The molecular weight excluding hydrogens is 300 g/mol. The smallest absolute Gasteiger partial charge is 0.108 e. The number of hydrogen-bond donors (Lipinski definition) is 0. The van der Waals surface area contributed by atoms with E-state index in [1.165, 1.54) is 0 Å². The van der Waals surface area contributed by atoms with E-state index in [2.05, 4.69) is 0 Å². The third-order valence-electron chi connectivity index (χ3n) is 3.68. The highest BCUT2D eigenvalue weighted by molar-refractivity contribution is 6.42. The molecule has 0 heterocycles. The lowest BCUT2D eigenvalue weighted by atomic mass is 10.1. The second-order valence-electron chi connectivity index (χ2n) is 5.24. The number of rotatable bonds is 6. The number of nitrogens with zero attached hydrogens (tertiary/aromatic N) is 1. The maximum atomic E-state index is 13.4. The molecule has 2 nitrogen and oxygen atoms in total. The van der Waals surface area contributed by atoms with Crippen LogP contribution >= 0.6 is 23.2 Å². The van der Waals surface area contributed by atoms with Crippen molar-refractivity contribution in [3.05, 3.63) is 33.8 Å². The van der Waals surface area contributed by atoms with Gasteiger partial charge in [-0.1, -0.05) is 29.3 Å². The molecule has 1 saturated carbocycles. The Morgan fingerprint density at radius 2 is 2.10 bits per heavy atom. The molecule has 5 heteroatoms. The standard InChI is InChI=1S/C15H16Cl2FNO/c1-9(6-12-11(4-5-19)15(12)18)20-8-10-2-3-13(16)14(17)7-10/h2-3,7,9,11-12,15H,4,6,8H2,1H3/t9-,11-,12?,15-/m0/s1. The third-order valence-corrected chi connectivity index (χ3v) is 4.42. The van der Waals surface area contributed by atoms with Crippen molar-refractivity contribution >= 4 is 23.2 Å². The number of hydrogen-bond acceptors (Lipinski definition) is 2. The second-order valence-corrected chi connectivity index (χ2v) is 6.05. The van der Waals surface area contributed by atoms with Crippen LogP contribution in [-0.4, -0.2) is 12.3 Å². The molecule has 0 bridgehead atoms. The van der Waals surface area contributed by atoms with Crippen LogP contribution in [0.3, 0.4) is 0 Å². The van der Waals surface area contributed by atoms with Gasteiger partial charge in [-0.15, -0.1) is 0 Å². The Hall–Kier alpha value is -0.820. The van der Waals surface area contributed by atoms with Crippen LogP contribution in [0.15, 0.2) is 18.2 Å². The van der Waals surface area contributed by atoms with Crippen LogP contribution in [0, 0.1) is 23.2 Å². The molecule has 0 radical (unpaired) electrons. The van der Waals surface area contributed by atoms with Gasteiger partial charge >= 0.3 is 0 Å².